The molecule has 1 N–H and O–H groups in total. The Morgan fingerprint density at radius 1 is 1.06 bits per heavy atom. The number of urea groups is 1. The number of ether oxygens (including phenoxy) is 1. The fourth-order valence-corrected chi connectivity index (χ4v) is 4.18. The molecule has 1 saturated heterocycles. The molecule has 0 aliphatic carbocycles. The molecule has 9 nitrogen and oxygen atoms in total. The Hall–Kier alpha value is -3.59. The van der Waals surface area contributed by atoms with Crippen LogP contribution in [0.2, 0.25) is 0 Å². The van der Waals surface area contributed by atoms with E-state index in [0.717, 1.165) is 10.5 Å². The number of nitrogens with zero attached hydrogens (tertiary/aromatic N) is 5. The molecule has 3 amide bonds. The molecular weight excluding hydrogens is 422 g/mol. The van der Waals surface area contributed by atoms with E-state index in [1.165, 1.54) is 11.9 Å². The van der Waals surface area contributed by atoms with Crippen molar-refractivity contribution in [3.05, 3.63) is 66.2 Å². The first-order chi connectivity index (χ1) is 15.9. The van der Waals surface area contributed by atoms with E-state index < -0.39 is 24.3 Å². The molecule has 2 aromatic rings. The van der Waals surface area contributed by atoms with Gasteiger partial charge in [-0.15, -0.1) is 0 Å². The van der Waals surface area contributed by atoms with Gasteiger partial charge >= 0.3 is 6.03 Å². The van der Waals surface area contributed by atoms with Gasteiger partial charge in [0.25, 0.3) is 5.91 Å². The van der Waals surface area contributed by atoms with E-state index in [2.05, 4.69) is 0 Å². The number of guanidine groups is 1. The minimum Gasteiger partial charge on any atom is -0.491 e. The van der Waals surface area contributed by atoms with Gasteiger partial charge in [0.1, 0.15) is 18.5 Å². The van der Waals surface area contributed by atoms with Crippen LogP contribution in [0.1, 0.15) is 5.56 Å². The molecule has 174 valence electrons. The van der Waals surface area contributed by atoms with Crippen molar-refractivity contribution in [3.63, 3.8) is 0 Å². The van der Waals surface area contributed by atoms with Crippen molar-refractivity contribution in [1.82, 2.24) is 19.6 Å². The van der Waals surface area contributed by atoms with Crippen molar-refractivity contribution in [2.45, 2.75) is 24.9 Å². The van der Waals surface area contributed by atoms with Gasteiger partial charge in [-0.3, -0.25) is 9.69 Å². The lowest BCUT2D eigenvalue weighted by atomic mass is 10.1. The molecular formula is C24H29N5O4. The van der Waals surface area contributed by atoms with E-state index in [9.17, 15) is 14.7 Å². The fourth-order valence-electron chi connectivity index (χ4n) is 4.18. The number of benzene rings is 2. The topological polar surface area (TPSA) is 88.9 Å². The molecule has 0 aromatic heterocycles. The molecule has 3 unspecified atom stereocenters. The van der Waals surface area contributed by atoms with Gasteiger partial charge in [-0.05, 0) is 17.7 Å². The van der Waals surface area contributed by atoms with Gasteiger partial charge in [0, 0.05) is 27.7 Å². The van der Waals surface area contributed by atoms with E-state index >= 15 is 0 Å². The number of fused-ring (bicyclic) bond motifs is 1. The molecule has 0 spiro atoms. The zero-order valence-electron chi connectivity index (χ0n) is 19.0. The number of aliphatic imine (C=N–C) groups is 1. The first kappa shape index (κ1) is 22.6. The standard InChI is InChI=1S/C24H29N5O4/c1-26(14-17-10-6-4-7-11-17)23-25-21-20(22(31)28(3)24(32)27(21)2)29(23)15-18(30)16-33-19-12-8-5-9-13-19/h4-13,18,20-21,30H,14-16H2,1-3H3. The van der Waals surface area contributed by atoms with E-state index in [4.69, 9.17) is 9.73 Å². The van der Waals surface area contributed by atoms with Gasteiger partial charge in [-0.1, -0.05) is 48.5 Å². The Morgan fingerprint density at radius 2 is 1.70 bits per heavy atom. The van der Waals surface area contributed by atoms with Crippen LogP contribution < -0.4 is 4.74 Å². The third-order valence-corrected chi connectivity index (χ3v) is 5.89. The Kier molecular flexibility index (Phi) is 6.50. The number of amides is 3. The third kappa shape index (κ3) is 4.63. The van der Waals surface area contributed by atoms with Gasteiger partial charge in [-0.25, -0.2) is 9.79 Å². The molecule has 4 rings (SSSR count). The Morgan fingerprint density at radius 3 is 2.36 bits per heavy atom. The molecule has 0 bridgehead atoms. The number of β-amino-alcohol motifs (C(OH)–C–C–N with tert-alkyl or cyclic N) is 1. The summed E-state index contributed by atoms with van der Waals surface area (Å²) in [5.74, 6) is 0.867. The number of rotatable bonds is 7. The highest BCUT2D eigenvalue weighted by Gasteiger charge is 2.52. The van der Waals surface area contributed by atoms with Gasteiger partial charge in [-0.2, -0.15) is 0 Å². The molecule has 2 aliphatic heterocycles. The predicted molar refractivity (Wildman–Crippen MR) is 123 cm³/mol. The van der Waals surface area contributed by atoms with Crippen molar-refractivity contribution < 1.29 is 19.4 Å². The van der Waals surface area contributed by atoms with Crippen LogP contribution in [-0.2, 0) is 11.3 Å². The third-order valence-electron chi connectivity index (χ3n) is 5.89. The highest BCUT2D eigenvalue weighted by molar-refractivity contribution is 6.03. The summed E-state index contributed by atoms with van der Waals surface area (Å²) < 4.78 is 5.70. The molecule has 0 radical (unpaired) electrons. The first-order valence-electron chi connectivity index (χ1n) is 10.9. The van der Waals surface area contributed by atoms with Crippen LogP contribution in [-0.4, -0.2) is 95.2 Å². The van der Waals surface area contributed by atoms with E-state index in [1.807, 2.05) is 72.6 Å². The second kappa shape index (κ2) is 9.50. The normalized spacial score (nSPS) is 21.1. The highest BCUT2D eigenvalue weighted by Crippen LogP contribution is 2.28. The summed E-state index contributed by atoms with van der Waals surface area (Å²) in [4.78, 5) is 36.6. The Bertz CT molecular complexity index is 1020. The molecule has 0 saturated carbocycles. The molecule has 9 heteroatoms. The monoisotopic (exact) mass is 451 g/mol. The number of aliphatic hydroxyl groups excluding tert-OH is 1. The van der Waals surface area contributed by atoms with Crippen LogP contribution >= 0.6 is 0 Å². The van der Waals surface area contributed by atoms with Crippen LogP contribution in [0.5, 0.6) is 5.75 Å². The zero-order valence-corrected chi connectivity index (χ0v) is 19.0. The van der Waals surface area contributed by atoms with Gasteiger partial charge in [0.2, 0.25) is 0 Å². The van der Waals surface area contributed by atoms with Crippen LogP contribution in [0.15, 0.2) is 65.7 Å². The Balaban J connectivity index is 1.55. The first-order valence-corrected chi connectivity index (χ1v) is 10.9. The lowest BCUT2D eigenvalue weighted by Gasteiger charge is -2.41. The molecule has 2 heterocycles. The Labute approximate surface area is 193 Å². The molecule has 1 fully saturated rings. The zero-order chi connectivity index (χ0) is 23.5. The molecule has 33 heavy (non-hydrogen) atoms. The average Bonchev–Trinajstić information content (AvgIpc) is 3.20. The summed E-state index contributed by atoms with van der Waals surface area (Å²) in [6, 6.07) is 18.1. The lowest BCUT2D eigenvalue weighted by Crippen LogP contribution is -2.65. The number of imide groups is 1. The number of aliphatic hydroxyl groups is 1. The number of carbonyl (C=O) groups excluding carboxylic acids is 2. The summed E-state index contributed by atoms with van der Waals surface area (Å²) >= 11 is 0. The van der Waals surface area contributed by atoms with Crippen LogP contribution in [0.4, 0.5) is 4.79 Å². The van der Waals surface area contributed by atoms with Gasteiger partial charge in [0.15, 0.2) is 18.2 Å². The maximum atomic E-state index is 13.1. The van der Waals surface area contributed by atoms with E-state index in [1.54, 1.807) is 11.9 Å². The highest BCUT2D eigenvalue weighted by atomic mass is 16.5. The average molecular weight is 452 g/mol. The number of likely N-dealkylation sites (N-methyl/N-ethyl adjacent to an activating group) is 2. The minimum atomic E-state index is -0.875. The second-order valence-corrected chi connectivity index (χ2v) is 8.35. The van der Waals surface area contributed by atoms with Gasteiger partial charge < -0.3 is 24.5 Å². The lowest BCUT2D eigenvalue weighted by molar-refractivity contribution is -0.136. The second-order valence-electron chi connectivity index (χ2n) is 8.35. The minimum absolute atomic E-state index is 0.0619. The van der Waals surface area contributed by atoms with E-state index in [0.29, 0.717) is 18.3 Å². The van der Waals surface area contributed by atoms with Gasteiger partial charge in [0.05, 0.1) is 6.54 Å². The molecule has 2 aliphatic rings. The van der Waals surface area contributed by atoms with Crippen molar-refractivity contribution in [2.75, 3.05) is 34.3 Å². The largest absolute Gasteiger partial charge is 0.491 e. The van der Waals surface area contributed by atoms with Crippen LogP contribution in [0.25, 0.3) is 0 Å². The molecule has 2 aromatic carbocycles. The summed E-state index contributed by atoms with van der Waals surface area (Å²) in [5, 5.41) is 10.8. The summed E-state index contributed by atoms with van der Waals surface area (Å²) in [7, 11) is 4.99. The summed E-state index contributed by atoms with van der Waals surface area (Å²) in [6.07, 6.45) is -1.53. The SMILES string of the molecule is CN(Cc1ccccc1)C1=NC2C(C(=O)N(C)C(=O)N2C)N1CC(O)COc1ccccc1. The summed E-state index contributed by atoms with van der Waals surface area (Å²) in [6.45, 7) is 0.758. The quantitative estimate of drug-likeness (QED) is 0.686. The number of para-hydroxylation sites is 1. The predicted octanol–water partition coefficient (Wildman–Crippen LogP) is 1.45. The number of hydrogen-bond donors (Lipinski definition) is 1. The fraction of sp³-hybridized carbons (Fsp3) is 0.375. The van der Waals surface area contributed by atoms with Crippen molar-refractivity contribution in [1.29, 1.82) is 0 Å². The smallest absolute Gasteiger partial charge is 0.328 e. The molecule has 3 atom stereocenters. The van der Waals surface area contributed by atoms with Crippen LogP contribution in [0, 0.1) is 0 Å². The maximum Gasteiger partial charge on any atom is 0.328 e. The van der Waals surface area contributed by atoms with Crippen molar-refractivity contribution >= 4 is 17.9 Å². The van der Waals surface area contributed by atoms with Crippen molar-refractivity contribution in [2.24, 2.45) is 4.99 Å². The number of hydrogen-bond acceptors (Lipinski definition) is 7. The number of carbonyl (C=O) groups is 2. The maximum absolute atomic E-state index is 13.1. The van der Waals surface area contributed by atoms with Crippen molar-refractivity contribution in [3.8, 4) is 5.75 Å². The van der Waals surface area contributed by atoms with E-state index in [-0.39, 0.29) is 19.1 Å². The summed E-state index contributed by atoms with van der Waals surface area (Å²) in [5.41, 5.74) is 1.08. The van der Waals surface area contributed by atoms with Crippen LogP contribution in [0.3, 0.4) is 0 Å².